The molecule has 0 aliphatic carbocycles. The summed E-state index contributed by atoms with van der Waals surface area (Å²) >= 11 is 3.54. The van der Waals surface area contributed by atoms with E-state index in [2.05, 4.69) is 35.4 Å². The first-order valence-electron chi connectivity index (χ1n) is 9.93. The summed E-state index contributed by atoms with van der Waals surface area (Å²) in [6.07, 6.45) is 4.48. The van der Waals surface area contributed by atoms with E-state index in [1.807, 2.05) is 36.5 Å². The number of carboxylic acid groups (broad SMARTS) is 1. The third kappa shape index (κ3) is 4.27. The average molecular weight is 497 g/mol. The lowest BCUT2D eigenvalue weighted by Gasteiger charge is -2.03. The molecule has 0 atom stereocenters. The fourth-order valence-corrected chi connectivity index (χ4v) is 3.96. The Balaban J connectivity index is 0.000000567. The molecule has 10 heteroatoms. The molecule has 0 fully saturated rings. The molecular weight excluding hydrogens is 476 g/mol. The van der Waals surface area contributed by atoms with Gasteiger partial charge in [0.25, 0.3) is 11.5 Å². The number of hydrogen-bond acceptors (Lipinski definition) is 5. The maximum atomic E-state index is 12.9. The van der Waals surface area contributed by atoms with Crippen molar-refractivity contribution in [2.45, 2.75) is 19.9 Å². The lowest BCUT2D eigenvalue weighted by Crippen LogP contribution is -2.11. The van der Waals surface area contributed by atoms with E-state index in [-0.39, 0.29) is 5.56 Å². The van der Waals surface area contributed by atoms with E-state index in [0.717, 1.165) is 51.9 Å². The lowest BCUT2D eigenvalue weighted by atomic mass is 10.1. The molecule has 5 rings (SSSR count). The molecule has 0 radical (unpaired) electrons. The van der Waals surface area contributed by atoms with Crippen molar-refractivity contribution < 1.29 is 9.90 Å². The molecule has 164 valence electrons. The normalized spacial score (nSPS) is 11.1. The number of H-pyrrole nitrogens is 2. The van der Waals surface area contributed by atoms with Crippen molar-refractivity contribution in [3.63, 3.8) is 0 Å². The number of aromatic amines is 2. The van der Waals surface area contributed by atoms with Gasteiger partial charge in [0.05, 0.1) is 28.4 Å². The van der Waals surface area contributed by atoms with Crippen molar-refractivity contribution in [1.29, 1.82) is 0 Å². The first-order chi connectivity index (χ1) is 15.4. The number of halogens is 1. The van der Waals surface area contributed by atoms with Crippen molar-refractivity contribution in [3.8, 4) is 11.3 Å². The molecule has 0 unspecified atom stereocenters. The predicted molar refractivity (Wildman–Crippen MR) is 128 cm³/mol. The second kappa shape index (κ2) is 8.93. The quantitative estimate of drug-likeness (QED) is 0.299. The van der Waals surface area contributed by atoms with Gasteiger partial charge in [-0.3, -0.25) is 9.59 Å². The fraction of sp³-hybridized carbons (Fsp3) is 0.182. The summed E-state index contributed by atoms with van der Waals surface area (Å²) in [5.41, 5.74) is 10.8. The summed E-state index contributed by atoms with van der Waals surface area (Å²) in [7, 11) is 0. The van der Waals surface area contributed by atoms with Crippen LogP contribution in [0.25, 0.3) is 44.2 Å². The van der Waals surface area contributed by atoms with Crippen molar-refractivity contribution in [2.75, 3.05) is 6.54 Å². The number of benzene rings is 2. The van der Waals surface area contributed by atoms with Crippen LogP contribution in [-0.4, -0.2) is 42.1 Å². The molecule has 2 aromatic carbocycles. The van der Waals surface area contributed by atoms with E-state index >= 15 is 0 Å². The van der Waals surface area contributed by atoms with Crippen LogP contribution in [0, 0.1) is 0 Å². The van der Waals surface area contributed by atoms with Crippen LogP contribution in [0.2, 0.25) is 0 Å². The van der Waals surface area contributed by atoms with Crippen LogP contribution in [0.15, 0.2) is 52.1 Å². The number of carboxylic acids is 1. The number of nitrogens with zero attached hydrogens (tertiary/aromatic N) is 3. The van der Waals surface area contributed by atoms with Crippen LogP contribution in [0.3, 0.4) is 0 Å². The number of nitrogens with two attached hydrogens (primary N) is 1. The number of rotatable bonds is 4. The van der Waals surface area contributed by atoms with Crippen molar-refractivity contribution in [3.05, 3.63) is 57.7 Å². The molecule has 0 amide bonds. The van der Waals surface area contributed by atoms with Gasteiger partial charge in [0.1, 0.15) is 5.69 Å². The van der Waals surface area contributed by atoms with Gasteiger partial charge in [-0.15, -0.1) is 0 Å². The second-order valence-electron chi connectivity index (χ2n) is 7.26. The van der Waals surface area contributed by atoms with E-state index in [4.69, 9.17) is 20.6 Å². The molecule has 0 bridgehead atoms. The zero-order valence-corrected chi connectivity index (χ0v) is 18.8. The first-order valence-corrected chi connectivity index (χ1v) is 10.7. The minimum absolute atomic E-state index is 0.222. The smallest absolute Gasteiger partial charge is 0.300 e. The van der Waals surface area contributed by atoms with Crippen LogP contribution < -0.4 is 11.3 Å². The number of aliphatic carboxylic acids is 1. The average Bonchev–Trinajstić information content (AvgIpc) is 3.33. The van der Waals surface area contributed by atoms with Gasteiger partial charge in [0.2, 0.25) is 0 Å². The summed E-state index contributed by atoms with van der Waals surface area (Å²) < 4.78 is 3.09. The number of aromatic nitrogens is 5. The van der Waals surface area contributed by atoms with Gasteiger partial charge in [0.15, 0.2) is 0 Å². The zero-order valence-electron chi connectivity index (χ0n) is 17.2. The Morgan fingerprint density at radius 1 is 1.22 bits per heavy atom. The highest BCUT2D eigenvalue weighted by Gasteiger charge is 2.16. The summed E-state index contributed by atoms with van der Waals surface area (Å²) in [6, 6.07) is 9.80. The molecular formula is C22H21BrN6O3. The molecule has 5 aromatic rings. The van der Waals surface area contributed by atoms with Gasteiger partial charge in [-0.05, 0) is 43.3 Å². The van der Waals surface area contributed by atoms with Crippen molar-refractivity contribution in [2.24, 2.45) is 5.73 Å². The van der Waals surface area contributed by atoms with Gasteiger partial charge in [0, 0.05) is 40.6 Å². The lowest BCUT2D eigenvalue weighted by molar-refractivity contribution is -0.134. The molecule has 0 spiro atoms. The van der Waals surface area contributed by atoms with Crippen LogP contribution in [0.5, 0.6) is 0 Å². The Morgan fingerprint density at radius 3 is 2.72 bits per heavy atom. The number of fused-ring (bicyclic) bond motifs is 3. The number of carbonyl (C=O) groups is 1. The Bertz CT molecular complexity index is 1500. The van der Waals surface area contributed by atoms with E-state index in [0.29, 0.717) is 23.3 Å². The van der Waals surface area contributed by atoms with Crippen LogP contribution >= 0.6 is 15.9 Å². The van der Waals surface area contributed by atoms with Crippen LogP contribution in [0.4, 0.5) is 0 Å². The summed E-state index contributed by atoms with van der Waals surface area (Å²) in [5, 5.41) is 8.39. The Morgan fingerprint density at radius 2 is 1.97 bits per heavy atom. The first kappa shape index (κ1) is 21.7. The van der Waals surface area contributed by atoms with Crippen LogP contribution in [-0.2, 0) is 11.3 Å². The molecule has 5 N–H and O–H groups in total. The van der Waals surface area contributed by atoms with Gasteiger partial charge in [-0.2, -0.15) is 0 Å². The Hall–Kier alpha value is -3.50. The number of hydrogen-bond donors (Lipinski definition) is 4. The molecule has 0 saturated heterocycles. The van der Waals surface area contributed by atoms with Crippen molar-refractivity contribution in [1.82, 2.24) is 24.5 Å². The summed E-state index contributed by atoms with van der Waals surface area (Å²) in [6.45, 7) is 2.48. The molecule has 0 aliphatic heterocycles. The Labute approximate surface area is 190 Å². The van der Waals surface area contributed by atoms with E-state index < -0.39 is 5.97 Å². The van der Waals surface area contributed by atoms with Crippen molar-refractivity contribution >= 4 is 54.9 Å². The third-order valence-electron chi connectivity index (χ3n) is 4.93. The van der Waals surface area contributed by atoms with E-state index in [9.17, 15) is 4.79 Å². The van der Waals surface area contributed by atoms with Crippen LogP contribution in [0.1, 0.15) is 13.3 Å². The zero-order chi connectivity index (χ0) is 22.8. The van der Waals surface area contributed by atoms with E-state index in [1.165, 1.54) is 0 Å². The largest absolute Gasteiger partial charge is 0.481 e. The highest BCUT2D eigenvalue weighted by molar-refractivity contribution is 9.10. The molecule has 0 saturated carbocycles. The monoisotopic (exact) mass is 496 g/mol. The minimum Gasteiger partial charge on any atom is -0.481 e. The molecule has 0 aliphatic rings. The fourth-order valence-electron chi connectivity index (χ4n) is 3.60. The second-order valence-corrected chi connectivity index (χ2v) is 8.18. The SMILES string of the molecule is CC(=O)O.NCCCn1cc(-c2nc3cc4[nH]cnc4cc3[nH]c2=O)c2cc(Br)ccc21. The molecule has 3 aromatic heterocycles. The number of nitrogens with one attached hydrogen (secondary N) is 2. The molecule has 32 heavy (non-hydrogen) atoms. The predicted octanol–water partition coefficient (Wildman–Crippen LogP) is 3.62. The van der Waals surface area contributed by atoms with Gasteiger partial charge in [-0.25, -0.2) is 9.97 Å². The van der Waals surface area contributed by atoms with Gasteiger partial charge >= 0.3 is 0 Å². The highest BCUT2D eigenvalue weighted by Crippen LogP contribution is 2.31. The molecule has 3 heterocycles. The number of aryl methyl sites for hydroxylation is 1. The standard InChI is InChI=1S/C20H17BrN6O.C2H4O2/c21-11-2-3-18-12(6-11)13(9-27(18)5-1-4-22)19-20(28)26-17-8-15-14(23-10-24-15)7-16(17)25-19;1-2(3)4/h2-3,6-10H,1,4-5,22H2,(H,23,24)(H,26,28);1H3,(H,3,4). The third-order valence-corrected chi connectivity index (χ3v) is 5.43. The summed E-state index contributed by atoms with van der Waals surface area (Å²) in [5.74, 6) is -0.833. The maximum Gasteiger partial charge on any atom is 0.300 e. The number of imidazole rings is 1. The molecule has 9 nitrogen and oxygen atoms in total. The topological polar surface area (TPSA) is 143 Å². The van der Waals surface area contributed by atoms with E-state index in [1.54, 1.807) is 6.33 Å². The van der Waals surface area contributed by atoms with Gasteiger partial charge in [-0.1, -0.05) is 15.9 Å². The van der Waals surface area contributed by atoms with Gasteiger partial charge < -0.3 is 25.4 Å². The minimum atomic E-state index is -0.833. The Kier molecular flexibility index (Phi) is 6.06. The highest BCUT2D eigenvalue weighted by atomic mass is 79.9. The maximum absolute atomic E-state index is 12.9. The summed E-state index contributed by atoms with van der Waals surface area (Å²) in [4.78, 5) is 36.9.